The van der Waals surface area contributed by atoms with Crippen LogP contribution in [0.25, 0.3) is 11.0 Å². The normalized spacial score (nSPS) is 11.1. The summed E-state index contributed by atoms with van der Waals surface area (Å²) in [6, 6.07) is 20.8. The van der Waals surface area contributed by atoms with Crippen molar-refractivity contribution in [1.82, 2.24) is 5.43 Å². The number of furan rings is 1. The molecule has 0 atom stereocenters. The molecule has 0 unspecified atom stereocenters. The maximum Gasteiger partial charge on any atom is 0.307 e. The summed E-state index contributed by atoms with van der Waals surface area (Å²) in [5, 5.41) is 4.83. The zero-order valence-corrected chi connectivity index (χ0v) is 21.4. The number of benzene rings is 3. The van der Waals surface area contributed by atoms with Crippen molar-refractivity contribution in [3.8, 4) is 11.5 Å². The molecule has 0 bridgehead atoms. The predicted octanol–water partition coefficient (Wildman–Crippen LogP) is 6.54. The van der Waals surface area contributed by atoms with Gasteiger partial charge in [-0.15, -0.1) is 0 Å². The van der Waals surface area contributed by atoms with Gasteiger partial charge < -0.3 is 13.9 Å². The molecule has 1 N–H and O–H groups in total. The smallest absolute Gasteiger partial charge is 0.307 e. The van der Waals surface area contributed by atoms with Gasteiger partial charge in [0, 0.05) is 8.96 Å². The number of fused-ring (bicyclic) bond motifs is 1. The van der Waals surface area contributed by atoms with Crippen LogP contribution in [-0.4, -0.2) is 18.7 Å². The molecule has 1 amide bonds. The Morgan fingerprint density at radius 2 is 1.91 bits per heavy atom. The lowest BCUT2D eigenvalue weighted by molar-refractivity contribution is 0.0929. The minimum atomic E-state index is -0.433. The van der Waals surface area contributed by atoms with Gasteiger partial charge >= 0.3 is 5.91 Å². The minimum absolute atomic E-state index is 0.177. The van der Waals surface area contributed by atoms with E-state index in [0.717, 1.165) is 32.5 Å². The van der Waals surface area contributed by atoms with E-state index in [9.17, 15) is 4.79 Å². The quantitative estimate of drug-likeness (QED) is 0.138. The Balaban J connectivity index is 1.35. The Kier molecular flexibility index (Phi) is 7.66. The molecule has 1 heterocycles. The standard InChI is InChI=1S/C25H20BrIN2O4/c1-2-31-20-8-10-22-18(12-20)13-24(33-22)25(30)29-28-14-17-5-9-23(21(26)11-17)32-15-16-3-6-19(27)7-4-16/h3-14H,2,15H2,1H3,(H,29,30)/b28-14+. The first-order valence-corrected chi connectivity index (χ1v) is 12.1. The van der Waals surface area contributed by atoms with Crippen LogP contribution >= 0.6 is 38.5 Å². The van der Waals surface area contributed by atoms with Gasteiger partial charge in [-0.3, -0.25) is 4.79 Å². The van der Waals surface area contributed by atoms with E-state index in [1.807, 2.05) is 55.5 Å². The first-order valence-electron chi connectivity index (χ1n) is 10.2. The zero-order valence-electron chi connectivity index (χ0n) is 17.7. The van der Waals surface area contributed by atoms with Crippen molar-refractivity contribution in [2.45, 2.75) is 13.5 Å². The molecule has 0 aliphatic heterocycles. The highest BCUT2D eigenvalue weighted by Crippen LogP contribution is 2.27. The van der Waals surface area contributed by atoms with Gasteiger partial charge in [0.1, 0.15) is 23.7 Å². The summed E-state index contributed by atoms with van der Waals surface area (Å²) in [5.41, 5.74) is 4.99. The average molecular weight is 619 g/mol. The largest absolute Gasteiger partial charge is 0.494 e. The second-order valence-electron chi connectivity index (χ2n) is 7.05. The summed E-state index contributed by atoms with van der Waals surface area (Å²) in [7, 11) is 0. The van der Waals surface area contributed by atoms with E-state index in [-0.39, 0.29) is 5.76 Å². The van der Waals surface area contributed by atoms with E-state index in [4.69, 9.17) is 13.9 Å². The van der Waals surface area contributed by atoms with Gasteiger partial charge in [-0.25, -0.2) is 5.43 Å². The molecule has 0 fully saturated rings. The number of nitrogens with zero attached hydrogens (tertiary/aromatic N) is 1. The number of halogens is 2. The molecule has 0 saturated carbocycles. The minimum Gasteiger partial charge on any atom is -0.494 e. The van der Waals surface area contributed by atoms with Crippen molar-refractivity contribution in [3.63, 3.8) is 0 Å². The average Bonchev–Trinajstić information content (AvgIpc) is 3.23. The number of ether oxygens (including phenoxy) is 2. The molecule has 1 aromatic heterocycles. The number of hydrogen-bond donors (Lipinski definition) is 1. The van der Waals surface area contributed by atoms with Crippen LogP contribution in [0.4, 0.5) is 0 Å². The fraction of sp³-hybridized carbons (Fsp3) is 0.120. The first kappa shape index (κ1) is 23.3. The second-order valence-corrected chi connectivity index (χ2v) is 9.15. The monoisotopic (exact) mass is 618 g/mol. The van der Waals surface area contributed by atoms with E-state index in [2.05, 4.69) is 49.0 Å². The molecule has 168 valence electrons. The lowest BCUT2D eigenvalue weighted by atomic mass is 10.2. The molecule has 0 spiro atoms. The summed E-state index contributed by atoms with van der Waals surface area (Å²) >= 11 is 5.80. The van der Waals surface area contributed by atoms with Crippen LogP contribution in [0.15, 0.2) is 80.7 Å². The molecular weight excluding hydrogens is 599 g/mol. The van der Waals surface area contributed by atoms with Crippen molar-refractivity contribution >= 4 is 61.6 Å². The van der Waals surface area contributed by atoms with Gasteiger partial charge in [-0.05, 0) is 111 Å². The number of hydrazone groups is 1. The first-order chi connectivity index (χ1) is 16.0. The fourth-order valence-corrected chi connectivity index (χ4v) is 3.94. The van der Waals surface area contributed by atoms with E-state index in [1.54, 1.807) is 24.4 Å². The maximum atomic E-state index is 12.4. The Labute approximate surface area is 213 Å². The van der Waals surface area contributed by atoms with Crippen LogP contribution in [0.3, 0.4) is 0 Å². The van der Waals surface area contributed by atoms with E-state index in [0.29, 0.717) is 18.8 Å². The van der Waals surface area contributed by atoms with Crippen LogP contribution < -0.4 is 14.9 Å². The Morgan fingerprint density at radius 3 is 2.67 bits per heavy atom. The van der Waals surface area contributed by atoms with Crippen molar-refractivity contribution in [2.24, 2.45) is 5.10 Å². The van der Waals surface area contributed by atoms with Crippen molar-refractivity contribution < 1.29 is 18.7 Å². The lowest BCUT2D eigenvalue weighted by Crippen LogP contribution is -2.16. The van der Waals surface area contributed by atoms with Crippen LogP contribution in [0.1, 0.15) is 28.6 Å². The molecule has 4 aromatic rings. The second kappa shape index (κ2) is 10.8. The van der Waals surface area contributed by atoms with Gasteiger partial charge in [0.2, 0.25) is 0 Å². The number of carbonyl (C=O) groups is 1. The Bertz CT molecular complexity index is 1300. The highest BCUT2D eigenvalue weighted by molar-refractivity contribution is 14.1. The summed E-state index contributed by atoms with van der Waals surface area (Å²) in [5.74, 6) is 1.20. The SMILES string of the molecule is CCOc1ccc2oc(C(=O)N/N=C/c3ccc(OCc4ccc(I)cc4)c(Br)c3)cc2c1. The third kappa shape index (κ3) is 6.14. The maximum absolute atomic E-state index is 12.4. The number of carbonyl (C=O) groups excluding carboxylic acids is 1. The van der Waals surface area contributed by atoms with E-state index < -0.39 is 5.91 Å². The molecule has 6 nitrogen and oxygen atoms in total. The van der Waals surface area contributed by atoms with E-state index >= 15 is 0 Å². The predicted molar refractivity (Wildman–Crippen MR) is 140 cm³/mol. The van der Waals surface area contributed by atoms with Crippen LogP contribution in [0.2, 0.25) is 0 Å². The molecule has 0 aliphatic rings. The zero-order chi connectivity index (χ0) is 23.2. The van der Waals surface area contributed by atoms with E-state index in [1.165, 1.54) is 3.57 Å². The van der Waals surface area contributed by atoms with Gasteiger partial charge in [-0.2, -0.15) is 5.10 Å². The molecule has 0 saturated heterocycles. The third-order valence-electron chi connectivity index (χ3n) is 4.67. The highest BCUT2D eigenvalue weighted by atomic mass is 127. The number of amides is 1. The molecule has 4 rings (SSSR count). The van der Waals surface area contributed by atoms with Crippen molar-refractivity contribution in [3.05, 3.63) is 91.7 Å². The molecule has 0 radical (unpaired) electrons. The number of rotatable bonds is 8. The summed E-state index contributed by atoms with van der Waals surface area (Å²) in [4.78, 5) is 12.4. The fourth-order valence-electron chi connectivity index (χ4n) is 3.07. The summed E-state index contributed by atoms with van der Waals surface area (Å²) in [6.45, 7) is 2.96. The third-order valence-corrected chi connectivity index (χ3v) is 6.00. The Hall–Kier alpha value is -2.85. The lowest BCUT2D eigenvalue weighted by Gasteiger charge is -2.09. The van der Waals surface area contributed by atoms with Gasteiger partial charge in [0.25, 0.3) is 0 Å². The van der Waals surface area contributed by atoms with Crippen molar-refractivity contribution in [2.75, 3.05) is 6.61 Å². The van der Waals surface area contributed by atoms with Crippen LogP contribution in [-0.2, 0) is 6.61 Å². The Morgan fingerprint density at radius 1 is 1.09 bits per heavy atom. The van der Waals surface area contributed by atoms with Gasteiger partial charge in [0.05, 0.1) is 17.3 Å². The highest BCUT2D eigenvalue weighted by Gasteiger charge is 2.12. The van der Waals surface area contributed by atoms with Crippen LogP contribution in [0, 0.1) is 3.57 Å². The van der Waals surface area contributed by atoms with Gasteiger partial charge in [0.15, 0.2) is 5.76 Å². The van der Waals surface area contributed by atoms with Gasteiger partial charge in [-0.1, -0.05) is 12.1 Å². The molecular formula is C25H20BrIN2O4. The molecule has 8 heteroatoms. The topological polar surface area (TPSA) is 73.1 Å². The summed E-state index contributed by atoms with van der Waals surface area (Å²) in [6.07, 6.45) is 1.56. The number of hydrogen-bond acceptors (Lipinski definition) is 5. The molecule has 3 aromatic carbocycles. The number of nitrogens with one attached hydrogen (secondary N) is 1. The molecule has 33 heavy (non-hydrogen) atoms. The van der Waals surface area contributed by atoms with Crippen molar-refractivity contribution in [1.29, 1.82) is 0 Å². The molecule has 0 aliphatic carbocycles. The summed E-state index contributed by atoms with van der Waals surface area (Å²) < 4.78 is 19.0. The van der Waals surface area contributed by atoms with Crippen LogP contribution in [0.5, 0.6) is 11.5 Å².